The van der Waals surface area contributed by atoms with Crippen LogP contribution in [0.5, 0.6) is 5.75 Å². The number of hydrogen-bond acceptors (Lipinski definition) is 4. The van der Waals surface area contributed by atoms with Crippen molar-refractivity contribution >= 4 is 35.0 Å². The van der Waals surface area contributed by atoms with E-state index in [1.54, 1.807) is 36.2 Å². The predicted octanol–water partition coefficient (Wildman–Crippen LogP) is 3.59. The number of thioether (sulfide) groups is 1. The largest absolute Gasteiger partial charge is 0.491 e. The lowest BCUT2D eigenvalue weighted by Gasteiger charge is -2.07. The lowest BCUT2D eigenvalue weighted by atomic mass is 10.3. The van der Waals surface area contributed by atoms with Crippen LogP contribution in [0.15, 0.2) is 33.6 Å². The summed E-state index contributed by atoms with van der Waals surface area (Å²) in [5.41, 5.74) is 0. The maximum atomic E-state index is 10.8. The Morgan fingerprint density at radius 1 is 1.37 bits per heavy atom. The fraction of sp³-hybridized carbons (Fsp3) is 0.250. The first-order valence-electron chi connectivity index (χ1n) is 5.48. The summed E-state index contributed by atoms with van der Waals surface area (Å²) in [5.74, 6) is 2.12. The van der Waals surface area contributed by atoms with Crippen molar-refractivity contribution in [1.82, 2.24) is 4.98 Å². The maximum absolute atomic E-state index is 10.8. The second-order valence-corrected chi connectivity index (χ2v) is 5.57. The Morgan fingerprint density at radius 3 is 2.95 bits per heavy atom. The normalized spacial score (nSPS) is 10.6. The van der Waals surface area contributed by atoms with Crippen LogP contribution in [0.3, 0.4) is 0 Å². The molecule has 0 unspecified atom stereocenters. The number of ether oxygens (including phenoxy) is 1. The standard InChI is InChI=1S/C12H11Cl2NO3S/c13-8-1-2-10(14)11(5-8)17-3-4-19-7-9-6-15-12(16)18-9/h1-2,5-6H,3-4,7H2,(H,15,16). The first-order chi connectivity index (χ1) is 9.15. The zero-order valence-electron chi connectivity index (χ0n) is 9.82. The van der Waals surface area contributed by atoms with Crippen molar-refractivity contribution in [3.05, 3.63) is 50.8 Å². The van der Waals surface area contributed by atoms with Gasteiger partial charge in [0.05, 0.1) is 17.4 Å². The number of rotatable bonds is 6. The van der Waals surface area contributed by atoms with Gasteiger partial charge in [-0.15, -0.1) is 0 Å². The van der Waals surface area contributed by atoms with E-state index in [1.165, 1.54) is 0 Å². The molecular weight excluding hydrogens is 309 g/mol. The molecule has 102 valence electrons. The molecule has 0 aliphatic heterocycles. The summed E-state index contributed by atoms with van der Waals surface area (Å²) < 4.78 is 10.4. The highest BCUT2D eigenvalue weighted by atomic mass is 35.5. The predicted molar refractivity (Wildman–Crippen MR) is 77.4 cm³/mol. The van der Waals surface area contributed by atoms with Crippen molar-refractivity contribution in [2.45, 2.75) is 5.75 Å². The number of oxazole rings is 1. The number of halogens is 2. The number of hydrogen-bond donors (Lipinski definition) is 1. The van der Waals surface area contributed by atoms with E-state index in [0.29, 0.717) is 33.9 Å². The zero-order chi connectivity index (χ0) is 13.7. The maximum Gasteiger partial charge on any atom is 0.416 e. The van der Waals surface area contributed by atoms with Crippen molar-refractivity contribution < 1.29 is 9.15 Å². The Labute approximate surface area is 124 Å². The second-order valence-electron chi connectivity index (χ2n) is 3.62. The van der Waals surface area contributed by atoms with Gasteiger partial charge in [0.1, 0.15) is 11.5 Å². The Bertz CT molecular complexity index is 597. The fourth-order valence-electron chi connectivity index (χ4n) is 1.36. The summed E-state index contributed by atoms with van der Waals surface area (Å²) >= 11 is 13.4. The van der Waals surface area contributed by atoms with Crippen molar-refractivity contribution in [3.63, 3.8) is 0 Å². The van der Waals surface area contributed by atoms with Gasteiger partial charge in [0.2, 0.25) is 0 Å². The molecule has 0 atom stereocenters. The molecular formula is C12H11Cl2NO3S. The van der Waals surface area contributed by atoms with E-state index >= 15 is 0 Å². The molecule has 0 spiro atoms. The average Bonchev–Trinajstić information content (AvgIpc) is 2.79. The van der Waals surface area contributed by atoms with E-state index in [0.717, 1.165) is 5.75 Å². The van der Waals surface area contributed by atoms with Crippen LogP contribution in [0.1, 0.15) is 5.76 Å². The third-order valence-electron chi connectivity index (χ3n) is 2.20. The number of H-pyrrole nitrogens is 1. The molecule has 7 heteroatoms. The van der Waals surface area contributed by atoms with E-state index in [9.17, 15) is 4.79 Å². The van der Waals surface area contributed by atoms with Gasteiger partial charge in [0, 0.05) is 23.0 Å². The highest BCUT2D eigenvalue weighted by molar-refractivity contribution is 7.98. The van der Waals surface area contributed by atoms with Crippen molar-refractivity contribution in [3.8, 4) is 5.75 Å². The topological polar surface area (TPSA) is 55.2 Å². The monoisotopic (exact) mass is 319 g/mol. The van der Waals surface area contributed by atoms with Gasteiger partial charge >= 0.3 is 5.76 Å². The van der Waals surface area contributed by atoms with Crippen molar-refractivity contribution in [1.29, 1.82) is 0 Å². The van der Waals surface area contributed by atoms with Crippen LogP contribution in [0.4, 0.5) is 0 Å². The number of nitrogens with one attached hydrogen (secondary N) is 1. The van der Waals surface area contributed by atoms with Gasteiger partial charge in [0.25, 0.3) is 0 Å². The van der Waals surface area contributed by atoms with E-state index in [4.69, 9.17) is 32.4 Å². The highest BCUT2D eigenvalue weighted by Crippen LogP contribution is 2.27. The smallest absolute Gasteiger partial charge is 0.416 e. The summed E-state index contributed by atoms with van der Waals surface area (Å²) in [6, 6.07) is 5.08. The van der Waals surface area contributed by atoms with Crippen LogP contribution in [-0.4, -0.2) is 17.3 Å². The van der Waals surface area contributed by atoms with Crippen molar-refractivity contribution in [2.75, 3.05) is 12.4 Å². The summed E-state index contributed by atoms with van der Waals surface area (Å²) in [4.78, 5) is 13.2. The molecule has 0 aliphatic rings. The summed E-state index contributed by atoms with van der Waals surface area (Å²) in [5, 5.41) is 1.12. The van der Waals surface area contributed by atoms with E-state index in [1.807, 2.05) is 0 Å². The first-order valence-corrected chi connectivity index (χ1v) is 7.39. The molecule has 1 N–H and O–H groups in total. The average molecular weight is 320 g/mol. The van der Waals surface area contributed by atoms with Crippen LogP contribution in [0.25, 0.3) is 0 Å². The van der Waals surface area contributed by atoms with Gasteiger partial charge in [-0.05, 0) is 12.1 Å². The minimum atomic E-state index is -0.433. The molecule has 1 aromatic carbocycles. The van der Waals surface area contributed by atoms with Crippen LogP contribution >= 0.6 is 35.0 Å². The number of aromatic amines is 1. The molecule has 4 nitrogen and oxygen atoms in total. The Hall–Kier alpha value is -1.04. The lowest BCUT2D eigenvalue weighted by Crippen LogP contribution is -2.01. The molecule has 1 heterocycles. The molecule has 2 rings (SSSR count). The van der Waals surface area contributed by atoms with E-state index in [-0.39, 0.29) is 0 Å². The van der Waals surface area contributed by atoms with Gasteiger partial charge in [-0.2, -0.15) is 11.8 Å². The molecule has 1 aromatic heterocycles. The minimum Gasteiger partial charge on any atom is -0.491 e. The lowest BCUT2D eigenvalue weighted by molar-refractivity contribution is 0.344. The molecule has 2 aromatic rings. The van der Waals surface area contributed by atoms with Crippen LogP contribution < -0.4 is 10.5 Å². The van der Waals surface area contributed by atoms with Gasteiger partial charge in [-0.3, -0.25) is 4.98 Å². The molecule has 0 saturated carbocycles. The minimum absolute atomic E-state index is 0.433. The third-order valence-corrected chi connectivity index (χ3v) is 3.69. The highest BCUT2D eigenvalue weighted by Gasteiger charge is 2.03. The Balaban J connectivity index is 1.72. The fourth-order valence-corrected chi connectivity index (χ4v) is 2.38. The summed E-state index contributed by atoms with van der Waals surface area (Å²) in [6.07, 6.45) is 1.56. The Morgan fingerprint density at radius 2 is 2.21 bits per heavy atom. The molecule has 0 radical (unpaired) electrons. The van der Waals surface area contributed by atoms with E-state index < -0.39 is 5.76 Å². The van der Waals surface area contributed by atoms with Gasteiger partial charge in [0.15, 0.2) is 0 Å². The van der Waals surface area contributed by atoms with Gasteiger partial charge in [-0.25, -0.2) is 4.79 Å². The molecule has 19 heavy (non-hydrogen) atoms. The summed E-state index contributed by atoms with van der Waals surface area (Å²) in [6.45, 7) is 0.499. The quantitative estimate of drug-likeness (QED) is 0.827. The van der Waals surface area contributed by atoms with E-state index in [2.05, 4.69) is 4.98 Å². The second kappa shape index (κ2) is 6.93. The van der Waals surface area contributed by atoms with Crippen LogP contribution in [-0.2, 0) is 5.75 Å². The number of aromatic nitrogens is 1. The van der Waals surface area contributed by atoms with Gasteiger partial charge in [-0.1, -0.05) is 23.2 Å². The molecule has 0 fully saturated rings. The molecule has 0 saturated heterocycles. The third kappa shape index (κ3) is 4.53. The Kier molecular flexibility index (Phi) is 5.24. The molecule has 0 amide bonds. The molecule has 0 aliphatic carbocycles. The SMILES string of the molecule is O=c1[nH]cc(CSCCOc2cc(Cl)ccc2Cl)o1. The van der Waals surface area contributed by atoms with Crippen molar-refractivity contribution in [2.24, 2.45) is 0 Å². The summed E-state index contributed by atoms with van der Waals surface area (Å²) in [7, 11) is 0. The zero-order valence-corrected chi connectivity index (χ0v) is 12.1. The van der Waals surface area contributed by atoms with Gasteiger partial charge < -0.3 is 9.15 Å². The first kappa shape index (κ1) is 14.4. The number of benzene rings is 1. The molecule has 0 bridgehead atoms. The van der Waals surface area contributed by atoms with Crippen LogP contribution in [0.2, 0.25) is 10.0 Å². The van der Waals surface area contributed by atoms with Crippen LogP contribution in [0, 0.1) is 0 Å².